The quantitative estimate of drug-likeness (QED) is 0.619. The second kappa shape index (κ2) is 7.20. The molecule has 7 heteroatoms. The Morgan fingerprint density at radius 2 is 1.96 bits per heavy atom. The minimum Gasteiger partial charge on any atom is -0.349 e. The summed E-state index contributed by atoms with van der Waals surface area (Å²) in [7, 11) is 0. The van der Waals surface area contributed by atoms with Gasteiger partial charge in [0.1, 0.15) is 5.69 Å². The number of aromatic amines is 1. The normalized spacial score (nSPS) is 15.0. The van der Waals surface area contributed by atoms with Gasteiger partial charge in [0.15, 0.2) is 0 Å². The molecular weight excluding hydrogens is 376 g/mol. The Labute approximate surface area is 167 Å². The maximum absolute atomic E-state index is 12.8. The minimum atomic E-state index is -0.185. The van der Waals surface area contributed by atoms with E-state index in [1.165, 1.54) is 0 Å². The molecule has 0 bridgehead atoms. The number of H-pyrrole nitrogens is 1. The first kappa shape index (κ1) is 18.4. The lowest BCUT2D eigenvalue weighted by atomic mass is 10.1. The zero-order valence-electron chi connectivity index (χ0n) is 15.7. The third-order valence-corrected chi connectivity index (χ3v) is 5.49. The lowest BCUT2D eigenvalue weighted by molar-refractivity contribution is 0.0935. The van der Waals surface area contributed by atoms with Gasteiger partial charge in [-0.3, -0.25) is 9.69 Å². The number of nitrogens with zero attached hydrogens (tertiary/aromatic N) is 1. The van der Waals surface area contributed by atoms with Gasteiger partial charge in [-0.2, -0.15) is 0 Å². The second-order valence-electron chi connectivity index (χ2n) is 6.96. The van der Waals surface area contributed by atoms with Crippen molar-refractivity contribution in [3.63, 3.8) is 0 Å². The summed E-state index contributed by atoms with van der Waals surface area (Å²) in [6.45, 7) is 5.15. The van der Waals surface area contributed by atoms with Crippen LogP contribution in [0.1, 0.15) is 34.6 Å². The molecule has 2 heterocycles. The van der Waals surface area contributed by atoms with Crippen molar-refractivity contribution < 1.29 is 9.59 Å². The molecule has 0 spiro atoms. The highest BCUT2D eigenvalue weighted by molar-refractivity contribution is 6.35. The Morgan fingerprint density at radius 1 is 1.21 bits per heavy atom. The standard InChI is InChI=1S/C21H21ClN4O2/c1-12-16-4-3-5-17(22)19(16)25-18(12)20(27)24-13(2)14-6-8-15(9-7-14)26-11-10-23-21(26)28/h3-9,13,25H,10-11H2,1-2H3,(H,23,28)(H,24,27). The predicted octanol–water partition coefficient (Wildman–Crippen LogP) is 4.15. The zero-order valence-corrected chi connectivity index (χ0v) is 16.4. The average molecular weight is 397 g/mol. The Kier molecular flexibility index (Phi) is 4.73. The number of urea groups is 1. The van der Waals surface area contributed by atoms with Gasteiger partial charge < -0.3 is 15.6 Å². The maximum Gasteiger partial charge on any atom is 0.321 e. The molecule has 4 rings (SSSR count). The van der Waals surface area contributed by atoms with Gasteiger partial charge in [-0.15, -0.1) is 0 Å². The van der Waals surface area contributed by atoms with E-state index in [2.05, 4.69) is 15.6 Å². The number of amides is 3. The first-order valence-corrected chi connectivity index (χ1v) is 9.56. The molecule has 2 aromatic carbocycles. The van der Waals surface area contributed by atoms with Crippen molar-refractivity contribution in [3.05, 3.63) is 64.3 Å². The summed E-state index contributed by atoms with van der Waals surface area (Å²) >= 11 is 6.23. The first-order chi connectivity index (χ1) is 13.5. The van der Waals surface area contributed by atoms with E-state index in [1.807, 2.05) is 50.2 Å². The average Bonchev–Trinajstić information content (AvgIpc) is 3.26. The van der Waals surface area contributed by atoms with Crippen molar-refractivity contribution >= 4 is 40.1 Å². The number of hydrogen-bond acceptors (Lipinski definition) is 2. The third-order valence-electron chi connectivity index (χ3n) is 5.18. The fourth-order valence-electron chi connectivity index (χ4n) is 3.56. The van der Waals surface area contributed by atoms with Crippen molar-refractivity contribution in [1.29, 1.82) is 0 Å². The van der Waals surface area contributed by atoms with E-state index in [1.54, 1.807) is 11.0 Å². The number of carbonyl (C=O) groups is 2. The van der Waals surface area contributed by atoms with E-state index in [9.17, 15) is 9.59 Å². The van der Waals surface area contributed by atoms with Crippen molar-refractivity contribution in [3.8, 4) is 0 Å². The summed E-state index contributed by atoms with van der Waals surface area (Å²) in [5, 5.41) is 7.35. The van der Waals surface area contributed by atoms with Crippen LogP contribution in [-0.2, 0) is 0 Å². The van der Waals surface area contributed by atoms with Gasteiger partial charge in [-0.05, 0) is 43.2 Å². The number of aryl methyl sites for hydroxylation is 1. The molecule has 1 aliphatic rings. The Morgan fingerprint density at radius 3 is 2.61 bits per heavy atom. The van der Waals surface area contributed by atoms with E-state index >= 15 is 0 Å². The van der Waals surface area contributed by atoms with Gasteiger partial charge >= 0.3 is 6.03 Å². The van der Waals surface area contributed by atoms with Crippen molar-refractivity contribution in [2.24, 2.45) is 0 Å². The van der Waals surface area contributed by atoms with E-state index in [-0.39, 0.29) is 18.0 Å². The van der Waals surface area contributed by atoms with E-state index in [0.717, 1.165) is 27.7 Å². The molecule has 1 atom stereocenters. The SMILES string of the molecule is Cc1c(C(=O)NC(C)c2ccc(N3CCNC3=O)cc2)[nH]c2c(Cl)cccc12. The summed E-state index contributed by atoms with van der Waals surface area (Å²) in [5.74, 6) is -0.180. The number of anilines is 1. The van der Waals surface area contributed by atoms with Gasteiger partial charge in [0.25, 0.3) is 5.91 Å². The molecule has 28 heavy (non-hydrogen) atoms. The fraction of sp³-hybridized carbons (Fsp3) is 0.238. The van der Waals surface area contributed by atoms with E-state index < -0.39 is 0 Å². The van der Waals surface area contributed by atoms with Crippen LogP contribution in [0.4, 0.5) is 10.5 Å². The molecule has 1 aromatic heterocycles. The van der Waals surface area contributed by atoms with Gasteiger partial charge in [0.2, 0.25) is 0 Å². The van der Waals surface area contributed by atoms with Crippen LogP contribution in [0, 0.1) is 6.92 Å². The Hall–Kier alpha value is -2.99. The molecule has 6 nitrogen and oxygen atoms in total. The maximum atomic E-state index is 12.8. The Balaban J connectivity index is 1.51. The van der Waals surface area contributed by atoms with Crippen LogP contribution in [-0.4, -0.2) is 30.0 Å². The molecule has 3 N–H and O–H groups in total. The van der Waals surface area contributed by atoms with Crippen molar-refractivity contribution in [2.75, 3.05) is 18.0 Å². The number of fused-ring (bicyclic) bond motifs is 1. The van der Waals surface area contributed by atoms with Gasteiger partial charge in [-0.1, -0.05) is 35.9 Å². The van der Waals surface area contributed by atoms with Gasteiger partial charge in [-0.25, -0.2) is 4.79 Å². The van der Waals surface area contributed by atoms with Crippen LogP contribution in [0.2, 0.25) is 5.02 Å². The van der Waals surface area contributed by atoms with Gasteiger partial charge in [0, 0.05) is 24.2 Å². The number of para-hydroxylation sites is 1. The fourth-order valence-corrected chi connectivity index (χ4v) is 3.78. The van der Waals surface area contributed by atoms with Crippen LogP contribution in [0.3, 0.4) is 0 Å². The first-order valence-electron chi connectivity index (χ1n) is 9.18. The molecule has 3 amide bonds. The van der Waals surface area contributed by atoms with Crippen molar-refractivity contribution in [2.45, 2.75) is 19.9 Å². The summed E-state index contributed by atoms with van der Waals surface area (Å²) in [5.41, 5.74) is 3.97. The van der Waals surface area contributed by atoms with Crippen LogP contribution in [0.5, 0.6) is 0 Å². The molecule has 144 valence electrons. The molecule has 3 aromatic rings. The lowest BCUT2D eigenvalue weighted by Crippen LogP contribution is -2.28. The van der Waals surface area contributed by atoms with E-state index in [0.29, 0.717) is 23.8 Å². The van der Waals surface area contributed by atoms with Crippen LogP contribution in [0.15, 0.2) is 42.5 Å². The molecule has 0 saturated carbocycles. The molecule has 1 saturated heterocycles. The molecule has 1 unspecified atom stereocenters. The van der Waals surface area contributed by atoms with Crippen molar-refractivity contribution in [1.82, 2.24) is 15.6 Å². The summed E-state index contributed by atoms with van der Waals surface area (Å²) in [6.07, 6.45) is 0. The van der Waals surface area contributed by atoms with Crippen LogP contribution in [0.25, 0.3) is 10.9 Å². The molecule has 0 radical (unpaired) electrons. The van der Waals surface area contributed by atoms with Crippen LogP contribution < -0.4 is 15.5 Å². The largest absolute Gasteiger partial charge is 0.349 e. The zero-order chi connectivity index (χ0) is 19.8. The third kappa shape index (κ3) is 3.20. The number of rotatable bonds is 4. The monoisotopic (exact) mass is 396 g/mol. The highest BCUT2D eigenvalue weighted by atomic mass is 35.5. The molecular formula is C21H21ClN4O2. The smallest absolute Gasteiger partial charge is 0.321 e. The minimum absolute atomic E-state index is 0.0814. The molecule has 1 aliphatic heterocycles. The summed E-state index contributed by atoms with van der Waals surface area (Å²) in [4.78, 5) is 29.4. The van der Waals surface area contributed by atoms with E-state index in [4.69, 9.17) is 11.6 Å². The predicted molar refractivity (Wildman–Crippen MR) is 111 cm³/mol. The number of halogens is 1. The second-order valence-corrected chi connectivity index (χ2v) is 7.36. The lowest BCUT2D eigenvalue weighted by Gasteiger charge is -2.17. The van der Waals surface area contributed by atoms with Crippen LogP contribution >= 0.6 is 11.6 Å². The molecule has 0 aliphatic carbocycles. The number of carbonyl (C=O) groups excluding carboxylic acids is 2. The number of hydrogen-bond donors (Lipinski definition) is 3. The summed E-state index contributed by atoms with van der Waals surface area (Å²) in [6, 6.07) is 13.0. The number of nitrogens with one attached hydrogen (secondary N) is 3. The Bertz CT molecular complexity index is 1060. The summed E-state index contributed by atoms with van der Waals surface area (Å²) < 4.78 is 0. The number of benzene rings is 2. The topological polar surface area (TPSA) is 77.2 Å². The highest BCUT2D eigenvalue weighted by Crippen LogP contribution is 2.28. The number of aromatic nitrogens is 1. The highest BCUT2D eigenvalue weighted by Gasteiger charge is 2.22. The van der Waals surface area contributed by atoms with Gasteiger partial charge in [0.05, 0.1) is 16.6 Å². The molecule has 1 fully saturated rings.